The van der Waals surface area contributed by atoms with E-state index in [1.807, 2.05) is 24.0 Å². The van der Waals surface area contributed by atoms with Crippen LogP contribution in [0.25, 0.3) is 0 Å². The average molecular weight is 443 g/mol. The van der Waals surface area contributed by atoms with E-state index in [-0.39, 0.29) is 11.9 Å². The van der Waals surface area contributed by atoms with Gasteiger partial charge in [-0.1, -0.05) is 35.3 Å². The molecule has 3 aromatic rings. The number of halogens is 2. The van der Waals surface area contributed by atoms with Crippen LogP contribution in [-0.2, 0) is 0 Å². The summed E-state index contributed by atoms with van der Waals surface area (Å²) in [5.74, 6) is 1.71. The minimum absolute atomic E-state index is 0.00393. The van der Waals surface area contributed by atoms with Gasteiger partial charge < -0.3 is 14.5 Å². The highest BCUT2D eigenvalue weighted by Crippen LogP contribution is 2.29. The fourth-order valence-electron chi connectivity index (χ4n) is 3.42. The minimum Gasteiger partial charge on any atom is -0.437 e. The summed E-state index contributed by atoms with van der Waals surface area (Å²) < 4.78 is 5.81. The molecule has 1 fully saturated rings. The molecule has 1 atom stereocenters. The molecule has 0 saturated carbocycles. The van der Waals surface area contributed by atoms with E-state index in [1.165, 1.54) is 6.33 Å². The molecule has 0 unspecified atom stereocenters. The van der Waals surface area contributed by atoms with Gasteiger partial charge in [0, 0.05) is 42.3 Å². The van der Waals surface area contributed by atoms with Gasteiger partial charge in [0.05, 0.1) is 5.02 Å². The molecule has 1 aliphatic heterocycles. The molecule has 1 amide bonds. The van der Waals surface area contributed by atoms with Gasteiger partial charge in [-0.25, -0.2) is 9.97 Å². The number of ether oxygens (including phenoxy) is 1. The van der Waals surface area contributed by atoms with Crippen molar-refractivity contribution in [2.45, 2.75) is 13.0 Å². The number of carbonyl (C=O) groups is 1. The highest BCUT2D eigenvalue weighted by Gasteiger charge is 2.29. The van der Waals surface area contributed by atoms with Crippen molar-refractivity contribution in [3.05, 3.63) is 76.5 Å². The zero-order valence-corrected chi connectivity index (χ0v) is 17.8. The molecule has 1 aromatic heterocycles. The predicted molar refractivity (Wildman–Crippen MR) is 118 cm³/mol. The lowest BCUT2D eigenvalue weighted by molar-refractivity contribution is 0.0673. The van der Waals surface area contributed by atoms with E-state index in [9.17, 15) is 4.79 Å². The summed E-state index contributed by atoms with van der Waals surface area (Å²) in [5, 5.41) is 1.13. The van der Waals surface area contributed by atoms with E-state index in [4.69, 9.17) is 27.9 Å². The smallest absolute Gasteiger partial charge is 0.254 e. The van der Waals surface area contributed by atoms with Gasteiger partial charge in [0.1, 0.15) is 17.9 Å². The van der Waals surface area contributed by atoms with Gasteiger partial charge >= 0.3 is 0 Å². The van der Waals surface area contributed by atoms with Crippen molar-refractivity contribution in [2.75, 3.05) is 24.5 Å². The van der Waals surface area contributed by atoms with Crippen LogP contribution in [0.2, 0.25) is 10.0 Å². The average Bonchev–Trinajstić information content (AvgIpc) is 2.75. The first kappa shape index (κ1) is 20.4. The number of piperazine rings is 1. The maximum atomic E-state index is 12.9. The van der Waals surface area contributed by atoms with Gasteiger partial charge in [-0.15, -0.1) is 0 Å². The van der Waals surface area contributed by atoms with Gasteiger partial charge in [0.25, 0.3) is 5.91 Å². The van der Waals surface area contributed by atoms with Crippen molar-refractivity contribution in [2.24, 2.45) is 0 Å². The van der Waals surface area contributed by atoms with Crippen LogP contribution >= 0.6 is 23.2 Å². The van der Waals surface area contributed by atoms with E-state index in [2.05, 4.69) is 14.9 Å². The SMILES string of the molecule is C[C@H]1CN(c2cc(Oc3ccccc3Cl)ncn2)CCN1C(=O)c1ccc(Cl)cc1. The summed E-state index contributed by atoms with van der Waals surface area (Å²) in [6.45, 7) is 3.93. The molecule has 1 aliphatic rings. The number of carbonyl (C=O) groups excluding carboxylic acids is 1. The first-order valence-corrected chi connectivity index (χ1v) is 10.3. The fourth-order valence-corrected chi connectivity index (χ4v) is 3.72. The Kier molecular flexibility index (Phi) is 6.06. The van der Waals surface area contributed by atoms with Crippen molar-refractivity contribution in [3.8, 4) is 11.6 Å². The summed E-state index contributed by atoms with van der Waals surface area (Å²) in [6, 6.07) is 16.0. The zero-order chi connectivity index (χ0) is 21.1. The molecule has 2 heterocycles. The highest BCUT2D eigenvalue weighted by atomic mass is 35.5. The number of nitrogens with zero attached hydrogens (tertiary/aromatic N) is 4. The summed E-state index contributed by atoms with van der Waals surface area (Å²) in [5.41, 5.74) is 0.636. The van der Waals surface area contributed by atoms with E-state index in [1.54, 1.807) is 42.5 Å². The quantitative estimate of drug-likeness (QED) is 0.573. The Labute approximate surface area is 185 Å². The summed E-state index contributed by atoms with van der Waals surface area (Å²) in [4.78, 5) is 25.4. The van der Waals surface area contributed by atoms with Crippen LogP contribution in [0.15, 0.2) is 60.9 Å². The topological polar surface area (TPSA) is 58.6 Å². The summed E-state index contributed by atoms with van der Waals surface area (Å²) >= 11 is 12.1. The molecule has 1 saturated heterocycles. The second kappa shape index (κ2) is 8.90. The predicted octanol–water partition coefficient (Wildman–Crippen LogP) is 4.93. The number of aromatic nitrogens is 2. The molecule has 0 aliphatic carbocycles. The zero-order valence-electron chi connectivity index (χ0n) is 16.3. The number of rotatable bonds is 4. The van der Waals surface area contributed by atoms with Crippen LogP contribution in [0.4, 0.5) is 5.82 Å². The highest BCUT2D eigenvalue weighted by molar-refractivity contribution is 6.32. The Balaban J connectivity index is 1.45. The minimum atomic E-state index is 0.00393. The lowest BCUT2D eigenvalue weighted by Crippen LogP contribution is -2.54. The maximum Gasteiger partial charge on any atom is 0.254 e. The number of hydrogen-bond donors (Lipinski definition) is 0. The molecule has 8 heteroatoms. The molecule has 0 N–H and O–H groups in total. The van der Waals surface area contributed by atoms with Crippen LogP contribution in [0.5, 0.6) is 11.6 Å². The maximum absolute atomic E-state index is 12.9. The molecular formula is C22H20Cl2N4O2. The first-order valence-electron chi connectivity index (χ1n) is 9.57. The second-order valence-corrected chi connectivity index (χ2v) is 7.89. The van der Waals surface area contributed by atoms with Crippen molar-refractivity contribution in [1.29, 1.82) is 0 Å². The third-order valence-electron chi connectivity index (χ3n) is 4.98. The van der Waals surface area contributed by atoms with Gasteiger partial charge in [-0.05, 0) is 43.3 Å². The monoisotopic (exact) mass is 442 g/mol. The number of anilines is 1. The molecule has 0 bridgehead atoms. The van der Waals surface area contributed by atoms with E-state index in [0.29, 0.717) is 46.9 Å². The fraction of sp³-hybridized carbons (Fsp3) is 0.227. The molecule has 154 valence electrons. The molecule has 0 radical (unpaired) electrons. The largest absolute Gasteiger partial charge is 0.437 e. The van der Waals surface area contributed by atoms with E-state index >= 15 is 0 Å². The lowest BCUT2D eigenvalue weighted by atomic mass is 10.1. The van der Waals surface area contributed by atoms with E-state index in [0.717, 1.165) is 5.82 Å². The normalized spacial score (nSPS) is 16.4. The molecule has 0 spiro atoms. The Bertz CT molecular complexity index is 1050. The summed E-state index contributed by atoms with van der Waals surface area (Å²) in [6.07, 6.45) is 1.47. The van der Waals surface area contributed by atoms with Crippen LogP contribution in [0.3, 0.4) is 0 Å². The molecule has 6 nitrogen and oxygen atoms in total. The third-order valence-corrected chi connectivity index (χ3v) is 5.55. The number of amides is 1. The molecular weight excluding hydrogens is 423 g/mol. The van der Waals surface area contributed by atoms with Crippen molar-refractivity contribution >= 4 is 34.9 Å². The molecule has 30 heavy (non-hydrogen) atoms. The van der Waals surface area contributed by atoms with Crippen LogP contribution in [0.1, 0.15) is 17.3 Å². The Morgan fingerprint density at radius 1 is 1.07 bits per heavy atom. The van der Waals surface area contributed by atoms with Crippen LogP contribution in [0, 0.1) is 0 Å². The van der Waals surface area contributed by atoms with Crippen LogP contribution in [-0.4, -0.2) is 46.5 Å². The Morgan fingerprint density at radius 3 is 2.57 bits per heavy atom. The second-order valence-electron chi connectivity index (χ2n) is 7.05. The molecule has 4 rings (SSSR count). The number of benzene rings is 2. The standard InChI is InChI=1S/C22H20Cl2N4O2/c1-15-13-27(10-11-28(15)22(29)16-6-8-17(23)9-7-16)20-12-21(26-14-25-20)30-19-5-3-2-4-18(19)24/h2-9,12,14-15H,10-11,13H2,1H3/t15-/m0/s1. The molecule has 2 aromatic carbocycles. The summed E-state index contributed by atoms with van der Waals surface area (Å²) in [7, 11) is 0. The Hall–Kier alpha value is -2.83. The Morgan fingerprint density at radius 2 is 1.83 bits per heavy atom. The van der Waals surface area contributed by atoms with Crippen molar-refractivity contribution in [1.82, 2.24) is 14.9 Å². The van der Waals surface area contributed by atoms with Crippen molar-refractivity contribution in [3.63, 3.8) is 0 Å². The number of para-hydroxylation sites is 1. The van der Waals surface area contributed by atoms with E-state index < -0.39 is 0 Å². The van der Waals surface area contributed by atoms with Gasteiger partial charge in [-0.2, -0.15) is 0 Å². The van der Waals surface area contributed by atoms with Crippen molar-refractivity contribution < 1.29 is 9.53 Å². The van der Waals surface area contributed by atoms with Gasteiger partial charge in [0.2, 0.25) is 5.88 Å². The number of hydrogen-bond acceptors (Lipinski definition) is 5. The van der Waals surface area contributed by atoms with Crippen LogP contribution < -0.4 is 9.64 Å². The third kappa shape index (κ3) is 4.50. The first-order chi connectivity index (χ1) is 14.5. The van der Waals surface area contributed by atoms with Gasteiger partial charge in [0.15, 0.2) is 0 Å². The lowest BCUT2D eigenvalue weighted by Gasteiger charge is -2.40. The van der Waals surface area contributed by atoms with Gasteiger partial charge in [-0.3, -0.25) is 4.79 Å².